The molecule has 0 saturated carbocycles. The molecule has 0 spiro atoms. The Labute approximate surface area is 84.5 Å². The number of carbonyl (C=O) groups is 1. The van der Waals surface area contributed by atoms with Crippen LogP contribution in [0.4, 0.5) is 0 Å². The summed E-state index contributed by atoms with van der Waals surface area (Å²) in [7, 11) is 1.30. The molecular weight excluding hydrogens is 184 g/mol. The van der Waals surface area contributed by atoms with E-state index in [1.54, 1.807) is 6.08 Å². The first-order chi connectivity index (χ1) is 6.76. The molecular formula is C10H18O4. The van der Waals surface area contributed by atoms with Crippen LogP contribution in [-0.4, -0.2) is 31.4 Å². The summed E-state index contributed by atoms with van der Waals surface area (Å²) in [5, 5.41) is 8.54. The Hall–Kier alpha value is -1.03. The molecule has 0 aliphatic rings. The van der Waals surface area contributed by atoms with Crippen LogP contribution in [0.25, 0.3) is 0 Å². The van der Waals surface area contributed by atoms with Crippen molar-refractivity contribution in [2.75, 3.05) is 20.3 Å². The second-order valence-corrected chi connectivity index (χ2v) is 2.77. The smallest absolute Gasteiger partial charge is 0.372 e. The maximum Gasteiger partial charge on any atom is 0.372 e. The van der Waals surface area contributed by atoms with Crippen LogP contribution in [0.15, 0.2) is 11.8 Å². The predicted molar refractivity (Wildman–Crippen MR) is 52.7 cm³/mol. The van der Waals surface area contributed by atoms with Gasteiger partial charge in [0, 0.05) is 0 Å². The fourth-order valence-corrected chi connectivity index (χ4v) is 0.895. The number of rotatable bonds is 7. The molecule has 0 saturated heterocycles. The average Bonchev–Trinajstić information content (AvgIpc) is 2.22. The van der Waals surface area contributed by atoms with Gasteiger partial charge in [0.15, 0.2) is 0 Å². The number of esters is 1. The quantitative estimate of drug-likeness (QED) is 0.292. The van der Waals surface area contributed by atoms with E-state index in [1.165, 1.54) is 7.11 Å². The van der Waals surface area contributed by atoms with Crippen molar-refractivity contribution in [2.24, 2.45) is 0 Å². The number of carbonyl (C=O) groups excluding carboxylic acids is 1. The van der Waals surface area contributed by atoms with Gasteiger partial charge in [-0.2, -0.15) is 0 Å². The van der Waals surface area contributed by atoms with Crippen LogP contribution in [0.3, 0.4) is 0 Å². The van der Waals surface area contributed by atoms with E-state index in [0.717, 1.165) is 19.3 Å². The van der Waals surface area contributed by atoms with Gasteiger partial charge in [0.05, 0.1) is 13.7 Å². The number of methoxy groups -OCH3 is 1. The van der Waals surface area contributed by atoms with E-state index in [2.05, 4.69) is 11.7 Å². The molecule has 0 atom stereocenters. The Morgan fingerprint density at radius 2 is 2.21 bits per heavy atom. The van der Waals surface area contributed by atoms with Gasteiger partial charge in [-0.05, 0) is 18.9 Å². The fourth-order valence-electron chi connectivity index (χ4n) is 0.895. The van der Waals surface area contributed by atoms with Crippen molar-refractivity contribution >= 4 is 5.97 Å². The molecule has 0 aromatic heterocycles. The van der Waals surface area contributed by atoms with Crippen LogP contribution >= 0.6 is 0 Å². The lowest BCUT2D eigenvalue weighted by Gasteiger charge is -2.06. The molecule has 4 heteroatoms. The topological polar surface area (TPSA) is 55.8 Å². The lowest BCUT2D eigenvalue weighted by molar-refractivity contribution is -0.140. The van der Waals surface area contributed by atoms with Crippen molar-refractivity contribution in [3.63, 3.8) is 0 Å². The van der Waals surface area contributed by atoms with Crippen molar-refractivity contribution in [3.8, 4) is 0 Å². The van der Waals surface area contributed by atoms with E-state index in [4.69, 9.17) is 9.84 Å². The van der Waals surface area contributed by atoms with Crippen LogP contribution in [0.2, 0.25) is 0 Å². The first-order valence-electron chi connectivity index (χ1n) is 4.78. The van der Waals surface area contributed by atoms with E-state index in [0.29, 0.717) is 0 Å². The van der Waals surface area contributed by atoms with Gasteiger partial charge in [-0.1, -0.05) is 13.3 Å². The average molecular weight is 202 g/mol. The number of hydrogen-bond donors (Lipinski definition) is 1. The number of aliphatic hydroxyl groups excluding tert-OH is 1. The molecule has 14 heavy (non-hydrogen) atoms. The first kappa shape index (κ1) is 13.0. The Bertz CT molecular complexity index is 187. The number of ether oxygens (including phenoxy) is 2. The minimum absolute atomic E-state index is 0.109. The Morgan fingerprint density at radius 3 is 2.71 bits per heavy atom. The molecule has 0 fully saturated rings. The van der Waals surface area contributed by atoms with E-state index in [-0.39, 0.29) is 19.0 Å². The summed E-state index contributed by atoms with van der Waals surface area (Å²) >= 11 is 0. The third-order valence-electron chi connectivity index (χ3n) is 1.62. The van der Waals surface area contributed by atoms with E-state index in [9.17, 15) is 4.79 Å². The van der Waals surface area contributed by atoms with Gasteiger partial charge >= 0.3 is 5.97 Å². The van der Waals surface area contributed by atoms with E-state index in [1.807, 2.05) is 0 Å². The Balaban J connectivity index is 4.08. The third kappa shape index (κ3) is 5.59. The van der Waals surface area contributed by atoms with E-state index < -0.39 is 5.97 Å². The fraction of sp³-hybridized carbons (Fsp3) is 0.700. The highest BCUT2D eigenvalue weighted by Gasteiger charge is 2.09. The van der Waals surface area contributed by atoms with Crippen molar-refractivity contribution < 1.29 is 19.4 Å². The molecule has 0 unspecified atom stereocenters. The van der Waals surface area contributed by atoms with E-state index >= 15 is 0 Å². The highest BCUT2D eigenvalue weighted by atomic mass is 16.6. The predicted octanol–water partition coefficient (Wildman–Crippen LogP) is 1.24. The minimum atomic E-state index is -0.491. The van der Waals surface area contributed by atoms with Crippen LogP contribution < -0.4 is 0 Å². The molecule has 0 amide bonds. The molecule has 1 N–H and O–H groups in total. The number of hydrogen-bond acceptors (Lipinski definition) is 4. The zero-order chi connectivity index (χ0) is 10.8. The molecule has 0 rings (SSSR count). The normalized spacial score (nSPS) is 11.2. The second kappa shape index (κ2) is 8.56. The number of allylic oxidation sites excluding steroid dienone is 1. The van der Waals surface area contributed by atoms with Crippen LogP contribution in [0, 0.1) is 0 Å². The van der Waals surface area contributed by atoms with Crippen LogP contribution in [0.5, 0.6) is 0 Å². The van der Waals surface area contributed by atoms with Crippen molar-refractivity contribution in [3.05, 3.63) is 11.8 Å². The highest BCUT2D eigenvalue weighted by Crippen LogP contribution is 2.04. The Kier molecular flexibility index (Phi) is 7.93. The molecule has 0 aromatic rings. The zero-order valence-electron chi connectivity index (χ0n) is 8.78. The molecule has 4 nitrogen and oxygen atoms in total. The summed E-state index contributed by atoms with van der Waals surface area (Å²) in [6.45, 7) is 2.08. The van der Waals surface area contributed by atoms with Crippen molar-refractivity contribution in [2.45, 2.75) is 26.2 Å². The summed E-state index contributed by atoms with van der Waals surface area (Å²) in [6.07, 6.45) is 4.55. The van der Waals surface area contributed by atoms with Crippen LogP contribution in [-0.2, 0) is 14.3 Å². The van der Waals surface area contributed by atoms with Gasteiger partial charge in [0.2, 0.25) is 5.76 Å². The van der Waals surface area contributed by atoms with Gasteiger partial charge < -0.3 is 14.6 Å². The summed E-state index contributed by atoms with van der Waals surface area (Å²) in [4.78, 5) is 11.1. The van der Waals surface area contributed by atoms with Gasteiger partial charge in [-0.15, -0.1) is 0 Å². The summed E-state index contributed by atoms with van der Waals surface area (Å²) in [6, 6.07) is 0. The van der Waals surface area contributed by atoms with Gasteiger partial charge in [0.1, 0.15) is 6.61 Å². The second-order valence-electron chi connectivity index (χ2n) is 2.77. The SMILES string of the molecule is CCCCC=C(OCCO)C(=O)OC. The molecule has 82 valence electrons. The molecule has 0 aliphatic heterocycles. The third-order valence-corrected chi connectivity index (χ3v) is 1.62. The van der Waals surface area contributed by atoms with Gasteiger partial charge in [-0.25, -0.2) is 4.79 Å². The van der Waals surface area contributed by atoms with Gasteiger partial charge in [-0.3, -0.25) is 0 Å². The monoisotopic (exact) mass is 202 g/mol. The standard InChI is InChI=1S/C10H18O4/c1-3-4-5-6-9(10(12)13-2)14-8-7-11/h6,11H,3-5,7-8H2,1-2H3. The Morgan fingerprint density at radius 1 is 1.50 bits per heavy atom. The lowest BCUT2D eigenvalue weighted by atomic mass is 10.2. The maximum absolute atomic E-state index is 11.1. The summed E-state index contributed by atoms with van der Waals surface area (Å²) < 4.78 is 9.55. The minimum Gasteiger partial charge on any atom is -0.484 e. The zero-order valence-corrected chi connectivity index (χ0v) is 8.78. The van der Waals surface area contributed by atoms with Crippen LogP contribution in [0.1, 0.15) is 26.2 Å². The molecule has 0 radical (unpaired) electrons. The van der Waals surface area contributed by atoms with Crippen molar-refractivity contribution in [1.82, 2.24) is 0 Å². The highest BCUT2D eigenvalue weighted by molar-refractivity contribution is 5.86. The molecule has 0 bridgehead atoms. The summed E-state index contributed by atoms with van der Waals surface area (Å²) in [5.41, 5.74) is 0. The first-order valence-corrected chi connectivity index (χ1v) is 4.78. The number of aliphatic hydroxyl groups is 1. The molecule has 0 aromatic carbocycles. The lowest BCUT2D eigenvalue weighted by Crippen LogP contribution is -2.10. The maximum atomic E-state index is 11.1. The van der Waals surface area contributed by atoms with Crippen molar-refractivity contribution in [1.29, 1.82) is 0 Å². The van der Waals surface area contributed by atoms with Gasteiger partial charge in [0.25, 0.3) is 0 Å². The largest absolute Gasteiger partial charge is 0.484 e. The summed E-state index contributed by atoms with van der Waals surface area (Å²) in [5.74, 6) is -0.301. The molecule has 0 heterocycles. The number of unbranched alkanes of at least 4 members (excludes halogenated alkanes) is 2. The molecule has 0 aliphatic carbocycles.